The monoisotopic (exact) mass is 264 g/mol. The van der Waals surface area contributed by atoms with Gasteiger partial charge in [0.25, 0.3) is 0 Å². The van der Waals surface area contributed by atoms with Crippen LogP contribution in [-0.2, 0) is 13.6 Å². The van der Waals surface area contributed by atoms with Crippen molar-refractivity contribution in [1.82, 2.24) is 24.5 Å². The molecule has 3 N–H and O–H groups in total. The van der Waals surface area contributed by atoms with E-state index < -0.39 is 0 Å². The van der Waals surface area contributed by atoms with E-state index >= 15 is 0 Å². The van der Waals surface area contributed by atoms with Crippen LogP contribution in [-0.4, -0.2) is 45.2 Å². The molecule has 0 bridgehead atoms. The quantitative estimate of drug-likeness (QED) is 0.734. The minimum Gasteiger partial charge on any atom is -0.383 e. The summed E-state index contributed by atoms with van der Waals surface area (Å²) in [6.07, 6.45) is 2.82. The number of aryl methyl sites for hydroxylation is 2. The molecule has 0 aliphatic rings. The van der Waals surface area contributed by atoms with E-state index in [4.69, 9.17) is 5.73 Å². The lowest BCUT2D eigenvalue weighted by Crippen LogP contribution is -3.05. The maximum Gasteiger partial charge on any atom is 0.169 e. The van der Waals surface area contributed by atoms with Crippen LogP contribution in [0.1, 0.15) is 12.2 Å². The fourth-order valence-corrected chi connectivity index (χ4v) is 2.06. The first kappa shape index (κ1) is 13.5. The number of rotatable bonds is 5. The smallest absolute Gasteiger partial charge is 0.169 e. The van der Waals surface area contributed by atoms with Gasteiger partial charge in [0, 0.05) is 20.0 Å². The van der Waals surface area contributed by atoms with Crippen LogP contribution < -0.4 is 10.6 Å². The van der Waals surface area contributed by atoms with Gasteiger partial charge in [0.2, 0.25) is 0 Å². The molecule has 0 saturated carbocycles. The highest BCUT2D eigenvalue weighted by molar-refractivity contribution is 5.68. The van der Waals surface area contributed by atoms with Gasteiger partial charge in [0.15, 0.2) is 5.82 Å². The van der Waals surface area contributed by atoms with E-state index in [9.17, 15) is 0 Å². The number of nitrogens with one attached hydrogen (secondary N) is 1. The first-order chi connectivity index (χ1) is 9.00. The Morgan fingerprint density at radius 1 is 1.32 bits per heavy atom. The van der Waals surface area contributed by atoms with E-state index in [0.717, 1.165) is 36.7 Å². The second-order valence-corrected chi connectivity index (χ2v) is 5.10. The maximum atomic E-state index is 6.00. The number of hydrogen-bond acceptors (Lipinski definition) is 4. The second kappa shape index (κ2) is 5.40. The highest BCUT2D eigenvalue weighted by Gasteiger charge is 2.16. The van der Waals surface area contributed by atoms with Crippen molar-refractivity contribution in [3.8, 4) is 11.4 Å². The van der Waals surface area contributed by atoms with E-state index in [1.54, 1.807) is 10.9 Å². The van der Waals surface area contributed by atoms with Gasteiger partial charge >= 0.3 is 0 Å². The Bertz CT molecular complexity index is 552. The number of aromatic nitrogens is 5. The van der Waals surface area contributed by atoms with Crippen molar-refractivity contribution >= 4 is 5.82 Å². The van der Waals surface area contributed by atoms with Crippen LogP contribution in [0.25, 0.3) is 11.4 Å². The zero-order valence-electron chi connectivity index (χ0n) is 12.0. The Labute approximate surface area is 113 Å². The summed E-state index contributed by atoms with van der Waals surface area (Å²) in [5.41, 5.74) is 6.85. The average Bonchev–Trinajstić information content (AvgIpc) is 2.85. The van der Waals surface area contributed by atoms with Crippen molar-refractivity contribution in [3.63, 3.8) is 0 Å². The summed E-state index contributed by atoms with van der Waals surface area (Å²) in [5.74, 6) is 2.33. The Morgan fingerprint density at radius 3 is 2.63 bits per heavy atom. The third-order valence-corrected chi connectivity index (χ3v) is 3.22. The van der Waals surface area contributed by atoms with Crippen molar-refractivity contribution < 1.29 is 4.90 Å². The lowest BCUT2D eigenvalue weighted by molar-refractivity contribution is -0.858. The highest BCUT2D eigenvalue weighted by Crippen LogP contribution is 2.23. The zero-order chi connectivity index (χ0) is 14.0. The van der Waals surface area contributed by atoms with Crippen LogP contribution in [0.3, 0.4) is 0 Å². The molecular formula is C12H22N7+. The van der Waals surface area contributed by atoms with Gasteiger partial charge in [-0.05, 0) is 6.92 Å². The summed E-state index contributed by atoms with van der Waals surface area (Å²) >= 11 is 0. The van der Waals surface area contributed by atoms with Gasteiger partial charge < -0.3 is 15.2 Å². The molecule has 19 heavy (non-hydrogen) atoms. The summed E-state index contributed by atoms with van der Waals surface area (Å²) in [4.78, 5) is 1.44. The molecule has 2 rings (SSSR count). The van der Waals surface area contributed by atoms with E-state index in [0.29, 0.717) is 5.82 Å². The van der Waals surface area contributed by atoms with Gasteiger partial charge in [-0.2, -0.15) is 5.10 Å². The maximum absolute atomic E-state index is 6.00. The molecule has 0 amide bonds. The van der Waals surface area contributed by atoms with E-state index in [-0.39, 0.29) is 0 Å². The Balaban J connectivity index is 2.25. The summed E-state index contributed by atoms with van der Waals surface area (Å²) in [6.45, 7) is 3.97. The highest BCUT2D eigenvalue weighted by atomic mass is 15.3. The lowest BCUT2D eigenvalue weighted by atomic mass is 10.3. The molecule has 2 aromatic rings. The van der Waals surface area contributed by atoms with Crippen LogP contribution >= 0.6 is 0 Å². The molecule has 7 heteroatoms. The van der Waals surface area contributed by atoms with Crippen LogP contribution in [0.4, 0.5) is 5.82 Å². The molecular weight excluding hydrogens is 242 g/mol. The van der Waals surface area contributed by atoms with Crippen molar-refractivity contribution in [2.45, 2.75) is 19.9 Å². The second-order valence-electron chi connectivity index (χ2n) is 5.10. The third kappa shape index (κ3) is 2.76. The van der Waals surface area contributed by atoms with Crippen molar-refractivity contribution in [3.05, 3.63) is 12.0 Å². The molecule has 2 aromatic heterocycles. The minimum atomic E-state index is 0.617. The number of quaternary nitrogens is 1. The van der Waals surface area contributed by atoms with Crippen LogP contribution in [0.2, 0.25) is 0 Å². The molecule has 0 aliphatic heterocycles. The molecule has 0 fully saturated rings. The summed E-state index contributed by atoms with van der Waals surface area (Å²) < 4.78 is 3.75. The molecule has 0 aromatic carbocycles. The average molecular weight is 264 g/mol. The SMILES string of the molecule is Cc1nnc(-c2cnn(C)c2N)n1CCC[NH+](C)C. The van der Waals surface area contributed by atoms with E-state index in [1.165, 1.54) is 4.90 Å². The standard InChI is InChI=1S/C12H21N7/c1-9-15-16-12(10-8-14-18(4)11(10)13)19(9)7-5-6-17(2)3/h8H,5-7,13H2,1-4H3/p+1. The van der Waals surface area contributed by atoms with Crippen molar-refractivity contribution in [2.24, 2.45) is 7.05 Å². The molecule has 0 atom stereocenters. The van der Waals surface area contributed by atoms with Crippen LogP contribution in [0, 0.1) is 6.92 Å². The molecule has 2 heterocycles. The topological polar surface area (TPSA) is 79.0 Å². The Kier molecular flexibility index (Phi) is 3.84. The number of nitrogen functional groups attached to an aromatic ring is 1. The van der Waals surface area contributed by atoms with Gasteiger partial charge in [-0.3, -0.25) is 4.68 Å². The normalized spacial score (nSPS) is 11.4. The predicted octanol–water partition coefficient (Wildman–Crippen LogP) is -0.896. The first-order valence-corrected chi connectivity index (χ1v) is 6.47. The molecule has 0 unspecified atom stereocenters. The summed E-state index contributed by atoms with van der Waals surface area (Å²) in [6, 6.07) is 0. The number of hydrogen-bond donors (Lipinski definition) is 2. The van der Waals surface area contributed by atoms with E-state index in [2.05, 4.69) is 34.0 Å². The van der Waals surface area contributed by atoms with E-state index in [1.807, 2.05) is 14.0 Å². The van der Waals surface area contributed by atoms with Gasteiger partial charge in [-0.25, -0.2) is 0 Å². The summed E-state index contributed by atoms with van der Waals surface area (Å²) in [5, 5.41) is 12.5. The predicted molar refractivity (Wildman–Crippen MR) is 73.7 cm³/mol. The van der Waals surface area contributed by atoms with Gasteiger partial charge in [0.05, 0.1) is 32.4 Å². The molecule has 0 radical (unpaired) electrons. The Morgan fingerprint density at radius 2 is 2.05 bits per heavy atom. The van der Waals surface area contributed by atoms with Crippen LogP contribution in [0.15, 0.2) is 6.20 Å². The van der Waals surface area contributed by atoms with Crippen LogP contribution in [0.5, 0.6) is 0 Å². The largest absolute Gasteiger partial charge is 0.383 e. The van der Waals surface area contributed by atoms with Gasteiger partial charge in [-0.15, -0.1) is 10.2 Å². The van der Waals surface area contributed by atoms with Gasteiger partial charge in [0.1, 0.15) is 11.6 Å². The van der Waals surface area contributed by atoms with Crippen molar-refractivity contribution in [1.29, 1.82) is 0 Å². The lowest BCUT2D eigenvalue weighted by Gasteiger charge is -2.10. The number of nitrogens with zero attached hydrogens (tertiary/aromatic N) is 5. The Hall–Kier alpha value is -1.89. The fraction of sp³-hybridized carbons (Fsp3) is 0.583. The first-order valence-electron chi connectivity index (χ1n) is 6.47. The molecule has 7 nitrogen and oxygen atoms in total. The molecule has 104 valence electrons. The molecule has 0 aliphatic carbocycles. The van der Waals surface area contributed by atoms with Crippen molar-refractivity contribution in [2.75, 3.05) is 26.4 Å². The summed E-state index contributed by atoms with van der Waals surface area (Å²) in [7, 11) is 6.12. The number of nitrogens with two attached hydrogens (primary N) is 1. The fourth-order valence-electron chi connectivity index (χ4n) is 2.06. The van der Waals surface area contributed by atoms with Gasteiger partial charge in [-0.1, -0.05) is 0 Å². The zero-order valence-corrected chi connectivity index (χ0v) is 12.0. The third-order valence-electron chi connectivity index (χ3n) is 3.22. The molecule has 0 spiro atoms. The molecule has 0 saturated heterocycles. The number of anilines is 1. The minimum absolute atomic E-state index is 0.617.